The van der Waals surface area contributed by atoms with Gasteiger partial charge in [0, 0.05) is 19.2 Å². The molecular formula is C22H17ClN4O2. The van der Waals surface area contributed by atoms with Crippen molar-refractivity contribution in [2.75, 3.05) is 6.61 Å². The van der Waals surface area contributed by atoms with Gasteiger partial charge in [0.1, 0.15) is 23.3 Å². The van der Waals surface area contributed by atoms with Crippen molar-refractivity contribution >= 4 is 22.5 Å². The van der Waals surface area contributed by atoms with Gasteiger partial charge < -0.3 is 9.84 Å². The van der Waals surface area contributed by atoms with Crippen LogP contribution < -0.4 is 4.74 Å². The molecule has 0 radical (unpaired) electrons. The zero-order valence-electron chi connectivity index (χ0n) is 15.6. The van der Waals surface area contributed by atoms with Crippen LogP contribution in [0.3, 0.4) is 0 Å². The minimum atomic E-state index is 0.0189. The highest BCUT2D eigenvalue weighted by Crippen LogP contribution is 2.34. The van der Waals surface area contributed by atoms with Gasteiger partial charge in [-0.05, 0) is 60.5 Å². The maximum atomic E-state index is 9.21. The van der Waals surface area contributed by atoms with Gasteiger partial charge in [0.05, 0.1) is 27.8 Å². The Morgan fingerprint density at radius 1 is 1.17 bits per heavy atom. The highest BCUT2D eigenvalue weighted by Gasteiger charge is 2.11. The van der Waals surface area contributed by atoms with Crippen LogP contribution in [0.15, 0.2) is 54.7 Å². The molecule has 2 heterocycles. The van der Waals surface area contributed by atoms with Crippen molar-refractivity contribution in [1.29, 1.82) is 5.26 Å². The van der Waals surface area contributed by atoms with E-state index in [-0.39, 0.29) is 6.61 Å². The van der Waals surface area contributed by atoms with Gasteiger partial charge in [0.25, 0.3) is 0 Å². The Balaban J connectivity index is 1.64. The van der Waals surface area contributed by atoms with Crippen LogP contribution in [0.5, 0.6) is 11.5 Å². The average Bonchev–Trinajstić information content (AvgIpc) is 3.13. The molecule has 0 saturated heterocycles. The van der Waals surface area contributed by atoms with Gasteiger partial charge >= 0.3 is 0 Å². The number of halogens is 1. The van der Waals surface area contributed by atoms with Crippen LogP contribution in [0.2, 0.25) is 5.02 Å². The number of fused-ring (bicyclic) bond motifs is 1. The normalized spacial score (nSPS) is 10.8. The number of aliphatic hydroxyl groups is 1. The first-order valence-electron chi connectivity index (χ1n) is 8.99. The maximum absolute atomic E-state index is 9.21. The fourth-order valence-corrected chi connectivity index (χ4v) is 3.48. The smallest absolute Gasteiger partial charge is 0.141 e. The number of nitriles is 1. The van der Waals surface area contributed by atoms with Crippen molar-refractivity contribution in [2.45, 2.75) is 6.42 Å². The Bertz CT molecular complexity index is 1230. The molecule has 7 heteroatoms. The lowest BCUT2D eigenvalue weighted by Crippen LogP contribution is -1.96. The summed E-state index contributed by atoms with van der Waals surface area (Å²) in [7, 11) is 1.83. The number of pyridine rings is 1. The van der Waals surface area contributed by atoms with Crippen LogP contribution in [0, 0.1) is 11.3 Å². The predicted molar refractivity (Wildman–Crippen MR) is 111 cm³/mol. The lowest BCUT2D eigenvalue weighted by molar-refractivity contribution is 0.299. The predicted octanol–water partition coefficient (Wildman–Crippen LogP) is 4.49. The van der Waals surface area contributed by atoms with E-state index in [9.17, 15) is 10.4 Å². The van der Waals surface area contributed by atoms with Crippen LogP contribution >= 0.6 is 11.6 Å². The Morgan fingerprint density at radius 3 is 2.69 bits per heavy atom. The number of aryl methyl sites for hydroxylation is 1. The van der Waals surface area contributed by atoms with Gasteiger partial charge in [-0.3, -0.25) is 4.68 Å². The van der Waals surface area contributed by atoms with Crippen molar-refractivity contribution in [1.82, 2.24) is 14.8 Å². The van der Waals surface area contributed by atoms with E-state index in [1.54, 1.807) is 23.0 Å². The van der Waals surface area contributed by atoms with Gasteiger partial charge in [-0.25, -0.2) is 4.98 Å². The fraction of sp³-hybridized carbons (Fsp3) is 0.136. The summed E-state index contributed by atoms with van der Waals surface area (Å²) in [6.45, 7) is 0.0189. The van der Waals surface area contributed by atoms with Crippen molar-refractivity contribution in [3.8, 4) is 28.8 Å². The molecule has 0 bridgehead atoms. The molecule has 4 aromatic rings. The third-order valence-electron chi connectivity index (χ3n) is 4.59. The van der Waals surface area contributed by atoms with Gasteiger partial charge in [0.15, 0.2) is 0 Å². The highest BCUT2D eigenvalue weighted by molar-refractivity contribution is 6.35. The summed E-state index contributed by atoms with van der Waals surface area (Å²) in [6, 6.07) is 16.7. The number of aromatic nitrogens is 3. The Labute approximate surface area is 172 Å². The zero-order valence-corrected chi connectivity index (χ0v) is 16.4. The second kappa shape index (κ2) is 7.92. The average molecular weight is 405 g/mol. The van der Waals surface area contributed by atoms with E-state index in [4.69, 9.17) is 16.3 Å². The molecule has 0 aliphatic carbocycles. The van der Waals surface area contributed by atoms with E-state index < -0.39 is 0 Å². The summed E-state index contributed by atoms with van der Waals surface area (Å²) in [5, 5.41) is 24.1. The summed E-state index contributed by atoms with van der Waals surface area (Å²) >= 11 is 6.27. The van der Waals surface area contributed by atoms with Crippen molar-refractivity contribution in [2.24, 2.45) is 7.05 Å². The summed E-state index contributed by atoms with van der Waals surface area (Å²) in [4.78, 5) is 4.36. The fourth-order valence-electron chi connectivity index (χ4n) is 3.19. The molecular weight excluding hydrogens is 388 g/mol. The Hall–Kier alpha value is -3.40. The lowest BCUT2D eigenvalue weighted by atomic mass is 10.1. The lowest BCUT2D eigenvalue weighted by Gasteiger charge is -2.09. The molecule has 2 aromatic carbocycles. The SMILES string of the molecule is Cn1ncc2c(Oc3ccc(-c4cc(CCO)cc(C#N)n4)cc3)ccc(Cl)c21. The number of hydrogen-bond donors (Lipinski definition) is 1. The first-order valence-corrected chi connectivity index (χ1v) is 9.37. The molecule has 0 amide bonds. The second-order valence-corrected chi connectivity index (χ2v) is 6.94. The van der Waals surface area contributed by atoms with Crippen molar-refractivity contribution < 1.29 is 9.84 Å². The highest BCUT2D eigenvalue weighted by atomic mass is 35.5. The monoisotopic (exact) mass is 404 g/mol. The van der Waals surface area contributed by atoms with Gasteiger partial charge in [-0.15, -0.1) is 0 Å². The summed E-state index contributed by atoms with van der Waals surface area (Å²) in [5.74, 6) is 1.33. The molecule has 0 aliphatic rings. The maximum Gasteiger partial charge on any atom is 0.141 e. The first-order chi connectivity index (χ1) is 14.1. The molecule has 0 atom stereocenters. The van der Waals surface area contributed by atoms with E-state index in [2.05, 4.69) is 16.2 Å². The van der Waals surface area contributed by atoms with Crippen LogP contribution in [0.4, 0.5) is 0 Å². The molecule has 0 unspecified atom stereocenters. The number of benzene rings is 2. The van der Waals surface area contributed by atoms with Crippen LogP contribution in [-0.4, -0.2) is 26.5 Å². The van der Waals surface area contributed by atoms with Gasteiger partial charge in [-0.1, -0.05) is 11.6 Å². The molecule has 29 heavy (non-hydrogen) atoms. The molecule has 0 saturated carbocycles. The number of ether oxygens (including phenoxy) is 1. The quantitative estimate of drug-likeness (QED) is 0.530. The zero-order chi connectivity index (χ0) is 20.4. The van der Waals surface area contributed by atoms with Gasteiger partial charge in [-0.2, -0.15) is 10.4 Å². The molecule has 4 rings (SSSR count). The number of nitrogens with zero attached hydrogens (tertiary/aromatic N) is 4. The van der Waals surface area contributed by atoms with E-state index in [0.717, 1.165) is 22.0 Å². The Morgan fingerprint density at radius 2 is 1.97 bits per heavy atom. The summed E-state index contributed by atoms with van der Waals surface area (Å²) < 4.78 is 7.75. The van der Waals surface area contributed by atoms with E-state index in [0.29, 0.717) is 34.3 Å². The molecule has 6 nitrogen and oxygen atoms in total. The number of rotatable bonds is 5. The van der Waals surface area contributed by atoms with Crippen molar-refractivity contribution in [3.63, 3.8) is 0 Å². The van der Waals surface area contributed by atoms with E-state index >= 15 is 0 Å². The van der Waals surface area contributed by atoms with Gasteiger partial charge in [0.2, 0.25) is 0 Å². The third-order valence-corrected chi connectivity index (χ3v) is 4.89. The van der Waals surface area contributed by atoms with E-state index in [1.807, 2.05) is 43.4 Å². The van der Waals surface area contributed by atoms with Crippen LogP contribution in [-0.2, 0) is 13.5 Å². The minimum Gasteiger partial charge on any atom is -0.457 e. The molecule has 1 N–H and O–H groups in total. The molecule has 0 aliphatic heterocycles. The van der Waals surface area contributed by atoms with E-state index in [1.165, 1.54) is 0 Å². The molecule has 144 valence electrons. The third kappa shape index (κ3) is 3.79. The summed E-state index contributed by atoms with van der Waals surface area (Å²) in [5.41, 5.74) is 3.55. The standard InChI is InChI=1S/C22H17ClN4O2/c1-27-22-18(13-25-27)21(7-6-19(22)23)29-17-4-2-15(3-5-17)20-11-14(8-9-28)10-16(12-24)26-20/h2-7,10-11,13,28H,8-9H2,1H3. The topological polar surface area (TPSA) is 84.0 Å². The molecule has 2 aromatic heterocycles. The Kier molecular flexibility index (Phi) is 5.17. The van der Waals surface area contributed by atoms with Crippen molar-refractivity contribution in [3.05, 3.63) is 71.0 Å². The summed E-state index contributed by atoms with van der Waals surface area (Å²) in [6.07, 6.45) is 2.20. The number of aliphatic hydroxyl groups excluding tert-OH is 1. The largest absolute Gasteiger partial charge is 0.457 e. The van der Waals surface area contributed by atoms with Crippen LogP contribution in [0.25, 0.3) is 22.2 Å². The minimum absolute atomic E-state index is 0.0189. The van der Waals surface area contributed by atoms with Crippen LogP contribution in [0.1, 0.15) is 11.3 Å². The first kappa shape index (κ1) is 18.9. The molecule has 0 fully saturated rings. The molecule has 0 spiro atoms. The second-order valence-electron chi connectivity index (χ2n) is 6.53. The number of hydrogen-bond acceptors (Lipinski definition) is 5.